The number of ketones is 1. The lowest BCUT2D eigenvalue weighted by Crippen LogP contribution is -2.22. The van der Waals surface area contributed by atoms with Crippen LogP contribution in [-0.4, -0.2) is 20.3 Å². The van der Waals surface area contributed by atoms with E-state index in [1.807, 2.05) is 18.3 Å². The number of carbonyl (C=O) groups excluding carboxylic acids is 1. The summed E-state index contributed by atoms with van der Waals surface area (Å²) in [6.45, 7) is 0. The third-order valence-corrected chi connectivity index (χ3v) is 5.28. The maximum Gasteiger partial charge on any atom is 0.168 e. The Morgan fingerprint density at radius 3 is 3.14 bits per heavy atom. The van der Waals surface area contributed by atoms with Crippen molar-refractivity contribution in [3.05, 3.63) is 53.7 Å². The summed E-state index contributed by atoms with van der Waals surface area (Å²) in [4.78, 5) is 20.5. The standard InChI is InChI=1S/C17H16IN3O/c18-9-21-8-13(12-3-1-2-4-16(12)21)17(22)11-5-6-14-15(7-11)20-10-19-14/h1-4,8,10-11H,5-7,9H2,(H,19,20)/t11-/m0/s1. The Hall–Kier alpha value is -1.63. The van der Waals surface area contributed by atoms with Gasteiger partial charge in [-0.25, -0.2) is 4.98 Å². The zero-order valence-corrected chi connectivity index (χ0v) is 14.2. The summed E-state index contributed by atoms with van der Waals surface area (Å²) in [7, 11) is 0. The summed E-state index contributed by atoms with van der Waals surface area (Å²) in [6, 6.07) is 8.16. The van der Waals surface area contributed by atoms with Crippen LogP contribution in [0.5, 0.6) is 0 Å². The SMILES string of the molecule is O=C(c1cn(CI)c2ccccc12)[C@H]1CCc2nc[nH]c2C1. The highest BCUT2D eigenvalue weighted by molar-refractivity contribution is 14.1. The number of hydrogen-bond donors (Lipinski definition) is 1. The molecule has 1 N–H and O–H groups in total. The average molecular weight is 405 g/mol. The summed E-state index contributed by atoms with van der Waals surface area (Å²) < 4.78 is 2.99. The number of aryl methyl sites for hydroxylation is 1. The molecule has 4 nitrogen and oxygen atoms in total. The summed E-state index contributed by atoms with van der Waals surface area (Å²) in [5.74, 6) is 0.321. The number of hydrogen-bond acceptors (Lipinski definition) is 2. The average Bonchev–Trinajstić information content (AvgIpc) is 3.17. The van der Waals surface area contributed by atoms with E-state index in [-0.39, 0.29) is 11.7 Å². The molecule has 0 unspecified atom stereocenters. The second-order valence-corrected chi connectivity index (χ2v) is 6.46. The van der Waals surface area contributed by atoms with Gasteiger partial charge in [0.2, 0.25) is 0 Å². The van der Waals surface area contributed by atoms with Gasteiger partial charge in [-0.05, 0) is 25.3 Å². The van der Waals surface area contributed by atoms with Gasteiger partial charge in [-0.3, -0.25) is 4.79 Å². The van der Waals surface area contributed by atoms with E-state index in [4.69, 9.17) is 0 Å². The molecule has 5 heteroatoms. The number of nitrogens with one attached hydrogen (secondary N) is 1. The first-order valence-corrected chi connectivity index (χ1v) is 8.99. The van der Waals surface area contributed by atoms with Crippen molar-refractivity contribution >= 4 is 39.3 Å². The first-order valence-electron chi connectivity index (χ1n) is 7.47. The summed E-state index contributed by atoms with van der Waals surface area (Å²) in [5.41, 5.74) is 4.25. The quantitative estimate of drug-likeness (QED) is 0.410. The van der Waals surface area contributed by atoms with E-state index < -0.39 is 0 Å². The molecule has 2 aromatic heterocycles. The van der Waals surface area contributed by atoms with Crippen molar-refractivity contribution in [3.63, 3.8) is 0 Å². The lowest BCUT2D eigenvalue weighted by atomic mass is 9.84. The first kappa shape index (κ1) is 14.0. The van der Waals surface area contributed by atoms with E-state index in [9.17, 15) is 4.79 Å². The molecule has 0 fully saturated rings. The fourth-order valence-corrected chi connectivity index (χ4v) is 3.95. The molecule has 0 radical (unpaired) electrons. The molecule has 1 aliphatic carbocycles. The highest BCUT2D eigenvalue weighted by atomic mass is 127. The monoisotopic (exact) mass is 405 g/mol. The number of alkyl halides is 1. The first-order chi connectivity index (χ1) is 10.8. The fourth-order valence-electron chi connectivity index (χ4n) is 3.39. The van der Waals surface area contributed by atoms with Crippen LogP contribution in [0.1, 0.15) is 28.2 Å². The molecule has 0 amide bonds. The number of Topliss-reactive ketones (excluding diaryl/α,β-unsaturated/α-hetero) is 1. The van der Waals surface area contributed by atoms with E-state index in [1.54, 1.807) is 6.33 Å². The van der Waals surface area contributed by atoms with Gasteiger partial charge in [-0.1, -0.05) is 40.8 Å². The Morgan fingerprint density at radius 2 is 2.27 bits per heavy atom. The summed E-state index contributed by atoms with van der Waals surface area (Å²) in [6.07, 6.45) is 6.31. The van der Waals surface area contributed by atoms with Gasteiger partial charge >= 0.3 is 0 Å². The number of carbonyl (C=O) groups is 1. The molecule has 0 saturated carbocycles. The molecule has 0 saturated heterocycles. The highest BCUT2D eigenvalue weighted by Gasteiger charge is 2.28. The van der Waals surface area contributed by atoms with Crippen molar-refractivity contribution in [1.82, 2.24) is 14.5 Å². The van der Waals surface area contributed by atoms with Crippen molar-refractivity contribution in [2.24, 2.45) is 5.92 Å². The molecule has 112 valence electrons. The van der Waals surface area contributed by atoms with E-state index in [0.29, 0.717) is 0 Å². The van der Waals surface area contributed by atoms with Gasteiger partial charge in [0.25, 0.3) is 0 Å². The molecule has 1 atom stereocenters. The van der Waals surface area contributed by atoms with E-state index in [2.05, 4.69) is 49.3 Å². The van der Waals surface area contributed by atoms with Crippen LogP contribution in [0.25, 0.3) is 10.9 Å². The van der Waals surface area contributed by atoms with E-state index >= 15 is 0 Å². The van der Waals surface area contributed by atoms with Crippen LogP contribution in [0.15, 0.2) is 36.8 Å². The molecular weight excluding hydrogens is 389 g/mol. The van der Waals surface area contributed by atoms with E-state index in [0.717, 1.165) is 51.7 Å². The number of aromatic nitrogens is 3. The Labute approximate surface area is 142 Å². The van der Waals surface area contributed by atoms with Crippen LogP contribution in [0, 0.1) is 5.92 Å². The number of benzene rings is 1. The Morgan fingerprint density at radius 1 is 1.41 bits per heavy atom. The van der Waals surface area contributed by atoms with Crippen LogP contribution >= 0.6 is 22.6 Å². The van der Waals surface area contributed by atoms with Gasteiger partial charge in [0.05, 0.1) is 16.6 Å². The minimum absolute atomic E-state index is 0.0569. The molecule has 1 aliphatic rings. The number of nitrogens with zero attached hydrogens (tertiary/aromatic N) is 2. The van der Waals surface area contributed by atoms with Gasteiger partial charge in [-0.2, -0.15) is 0 Å². The normalized spacial score (nSPS) is 17.6. The maximum absolute atomic E-state index is 13.0. The Balaban J connectivity index is 1.72. The second-order valence-electron chi connectivity index (χ2n) is 5.78. The largest absolute Gasteiger partial charge is 0.348 e. The molecule has 2 heterocycles. The van der Waals surface area contributed by atoms with Crippen molar-refractivity contribution in [1.29, 1.82) is 0 Å². The topological polar surface area (TPSA) is 50.7 Å². The number of aromatic amines is 1. The van der Waals surface area contributed by atoms with Crippen molar-refractivity contribution in [2.75, 3.05) is 0 Å². The third kappa shape index (κ3) is 2.18. The molecule has 0 bridgehead atoms. The smallest absolute Gasteiger partial charge is 0.168 e. The van der Waals surface area contributed by atoms with Gasteiger partial charge in [0, 0.05) is 34.3 Å². The number of H-pyrrole nitrogens is 1. The number of rotatable bonds is 3. The van der Waals surface area contributed by atoms with Crippen molar-refractivity contribution in [3.8, 4) is 0 Å². The highest BCUT2D eigenvalue weighted by Crippen LogP contribution is 2.30. The zero-order valence-electron chi connectivity index (χ0n) is 12.1. The lowest BCUT2D eigenvalue weighted by Gasteiger charge is -2.19. The van der Waals surface area contributed by atoms with Crippen LogP contribution < -0.4 is 0 Å². The zero-order chi connectivity index (χ0) is 15.1. The number of fused-ring (bicyclic) bond motifs is 2. The lowest BCUT2D eigenvalue weighted by molar-refractivity contribution is 0.0909. The van der Waals surface area contributed by atoms with E-state index in [1.165, 1.54) is 0 Å². The van der Waals surface area contributed by atoms with Crippen molar-refractivity contribution < 1.29 is 4.79 Å². The third-order valence-electron chi connectivity index (χ3n) is 4.54. The molecular formula is C17H16IN3O. The number of para-hydroxylation sites is 1. The van der Waals surface area contributed by atoms with Gasteiger partial charge < -0.3 is 9.55 Å². The van der Waals surface area contributed by atoms with Gasteiger partial charge in [0.15, 0.2) is 5.78 Å². The predicted octanol–water partition coefficient (Wildman–Crippen LogP) is 3.74. The maximum atomic E-state index is 13.0. The predicted molar refractivity (Wildman–Crippen MR) is 94.4 cm³/mol. The number of imidazole rings is 1. The van der Waals surface area contributed by atoms with Crippen LogP contribution in [-0.2, 0) is 17.4 Å². The molecule has 3 aromatic rings. The van der Waals surface area contributed by atoms with Crippen LogP contribution in [0.2, 0.25) is 0 Å². The fraction of sp³-hybridized carbons (Fsp3) is 0.294. The molecule has 0 spiro atoms. The van der Waals surface area contributed by atoms with Gasteiger partial charge in [-0.15, -0.1) is 0 Å². The minimum Gasteiger partial charge on any atom is -0.348 e. The van der Waals surface area contributed by atoms with Crippen LogP contribution in [0.3, 0.4) is 0 Å². The summed E-state index contributed by atoms with van der Waals surface area (Å²) in [5, 5.41) is 1.07. The molecule has 1 aromatic carbocycles. The summed E-state index contributed by atoms with van der Waals surface area (Å²) >= 11 is 2.33. The molecule has 4 rings (SSSR count). The minimum atomic E-state index is 0.0569. The Bertz CT molecular complexity index is 849. The Kier molecular flexibility index (Phi) is 3.52. The molecule has 22 heavy (non-hydrogen) atoms. The number of halogens is 1. The second kappa shape index (κ2) is 5.53. The van der Waals surface area contributed by atoms with Gasteiger partial charge in [0.1, 0.15) is 0 Å². The molecule has 0 aliphatic heterocycles. The van der Waals surface area contributed by atoms with Crippen molar-refractivity contribution in [2.45, 2.75) is 23.8 Å². The van der Waals surface area contributed by atoms with Crippen LogP contribution in [0.4, 0.5) is 0 Å².